The second-order valence-corrected chi connectivity index (χ2v) is 6.68. The van der Waals surface area contributed by atoms with Crippen molar-refractivity contribution in [1.82, 2.24) is 20.4 Å². The van der Waals surface area contributed by atoms with Crippen molar-refractivity contribution in [1.29, 1.82) is 0 Å². The molecule has 0 aliphatic carbocycles. The fourth-order valence-electron chi connectivity index (χ4n) is 2.32. The first kappa shape index (κ1) is 17.5. The van der Waals surface area contributed by atoms with Crippen LogP contribution < -0.4 is 10.6 Å². The van der Waals surface area contributed by atoms with Crippen LogP contribution >= 0.6 is 11.3 Å². The van der Waals surface area contributed by atoms with Crippen molar-refractivity contribution in [3.63, 3.8) is 0 Å². The number of hydrogen-bond donors (Lipinski definition) is 3. The molecule has 0 bridgehead atoms. The third-order valence-corrected chi connectivity index (χ3v) is 4.36. The SMILES string of the molecule is Cc1cc(C)n(CCCNC(=O)NCC(C)(O)c2ccsc2)n1. The molecule has 2 aromatic rings. The number of aryl methyl sites for hydroxylation is 3. The van der Waals surface area contributed by atoms with Gasteiger partial charge in [0.15, 0.2) is 0 Å². The van der Waals surface area contributed by atoms with Gasteiger partial charge in [-0.3, -0.25) is 4.68 Å². The molecule has 6 nitrogen and oxygen atoms in total. The third kappa shape index (κ3) is 5.07. The molecule has 0 radical (unpaired) electrons. The number of nitrogens with one attached hydrogen (secondary N) is 2. The van der Waals surface area contributed by atoms with E-state index in [0.29, 0.717) is 6.54 Å². The Balaban J connectivity index is 1.66. The Bertz CT molecular complexity index is 635. The summed E-state index contributed by atoms with van der Waals surface area (Å²) in [6.07, 6.45) is 0.802. The first-order valence-corrected chi connectivity index (χ1v) is 8.60. The lowest BCUT2D eigenvalue weighted by Crippen LogP contribution is -2.43. The molecule has 0 aromatic carbocycles. The maximum absolute atomic E-state index is 11.8. The topological polar surface area (TPSA) is 79.2 Å². The molecule has 0 saturated heterocycles. The predicted octanol–water partition coefficient (Wildman–Crippen LogP) is 2.16. The van der Waals surface area contributed by atoms with E-state index in [1.807, 2.05) is 41.4 Å². The van der Waals surface area contributed by atoms with E-state index < -0.39 is 5.60 Å². The monoisotopic (exact) mass is 336 g/mol. The molecule has 2 heterocycles. The first-order valence-electron chi connectivity index (χ1n) is 7.66. The van der Waals surface area contributed by atoms with E-state index >= 15 is 0 Å². The highest BCUT2D eigenvalue weighted by Crippen LogP contribution is 2.21. The highest BCUT2D eigenvalue weighted by molar-refractivity contribution is 7.08. The van der Waals surface area contributed by atoms with Gasteiger partial charge in [0.1, 0.15) is 5.60 Å². The summed E-state index contributed by atoms with van der Waals surface area (Å²) in [5.41, 5.74) is 1.89. The van der Waals surface area contributed by atoms with Crippen molar-refractivity contribution in [3.05, 3.63) is 39.8 Å². The minimum absolute atomic E-state index is 0.174. The lowest BCUT2D eigenvalue weighted by molar-refractivity contribution is 0.0598. The number of carbonyl (C=O) groups is 1. The predicted molar refractivity (Wildman–Crippen MR) is 91.6 cm³/mol. The average molecular weight is 336 g/mol. The van der Waals surface area contributed by atoms with E-state index in [-0.39, 0.29) is 12.6 Å². The third-order valence-electron chi connectivity index (χ3n) is 3.67. The second kappa shape index (κ2) is 7.61. The molecule has 0 aliphatic heterocycles. The maximum atomic E-state index is 11.8. The summed E-state index contributed by atoms with van der Waals surface area (Å²) in [4.78, 5) is 11.8. The fraction of sp³-hybridized carbons (Fsp3) is 0.500. The molecule has 2 aromatic heterocycles. The van der Waals surface area contributed by atoms with Gasteiger partial charge in [-0.2, -0.15) is 16.4 Å². The molecule has 1 unspecified atom stereocenters. The standard InChI is InChI=1S/C16H24N4O2S/c1-12-9-13(2)20(19-12)7-4-6-17-15(21)18-11-16(3,22)14-5-8-23-10-14/h5,8-10,22H,4,6-7,11H2,1-3H3,(H2,17,18,21). The molecule has 23 heavy (non-hydrogen) atoms. The fourth-order valence-corrected chi connectivity index (χ4v) is 3.10. The van der Waals surface area contributed by atoms with Crippen molar-refractivity contribution < 1.29 is 9.90 Å². The van der Waals surface area contributed by atoms with Crippen LogP contribution in [0.3, 0.4) is 0 Å². The molecule has 126 valence electrons. The van der Waals surface area contributed by atoms with Crippen LogP contribution in [-0.2, 0) is 12.1 Å². The molecule has 0 aliphatic rings. The Labute approximate surface area is 140 Å². The maximum Gasteiger partial charge on any atom is 0.314 e. The van der Waals surface area contributed by atoms with Gasteiger partial charge in [-0.15, -0.1) is 0 Å². The Morgan fingerprint density at radius 1 is 1.43 bits per heavy atom. The zero-order valence-corrected chi connectivity index (χ0v) is 14.6. The Kier molecular flexibility index (Phi) is 5.79. The molecule has 0 fully saturated rings. The number of carbonyl (C=O) groups excluding carboxylic acids is 1. The van der Waals surface area contributed by atoms with Gasteiger partial charge in [-0.1, -0.05) is 0 Å². The van der Waals surface area contributed by atoms with Crippen LogP contribution in [-0.4, -0.2) is 34.0 Å². The minimum atomic E-state index is -1.05. The van der Waals surface area contributed by atoms with E-state index in [2.05, 4.69) is 15.7 Å². The summed E-state index contributed by atoms with van der Waals surface area (Å²) in [5.74, 6) is 0. The summed E-state index contributed by atoms with van der Waals surface area (Å²) in [6.45, 7) is 7.18. The molecular formula is C16H24N4O2S. The van der Waals surface area contributed by atoms with Gasteiger partial charge in [0.25, 0.3) is 0 Å². The first-order chi connectivity index (χ1) is 10.9. The molecule has 3 N–H and O–H groups in total. The van der Waals surface area contributed by atoms with Crippen molar-refractivity contribution in [2.45, 2.75) is 39.3 Å². The summed E-state index contributed by atoms with van der Waals surface area (Å²) >= 11 is 1.52. The van der Waals surface area contributed by atoms with E-state index in [1.165, 1.54) is 11.3 Å². The largest absolute Gasteiger partial charge is 0.384 e. The molecule has 0 saturated carbocycles. The number of rotatable bonds is 7. The highest BCUT2D eigenvalue weighted by Gasteiger charge is 2.23. The van der Waals surface area contributed by atoms with Crippen LogP contribution in [0.2, 0.25) is 0 Å². The zero-order chi connectivity index (χ0) is 16.9. The molecule has 1 atom stereocenters. The Morgan fingerprint density at radius 3 is 2.83 bits per heavy atom. The summed E-state index contributed by atoms with van der Waals surface area (Å²) in [6, 6.07) is 3.62. The van der Waals surface area contributed by atoms with Crippen LogP contribution in [0.5, 0.6) is 0 Å². The Morgan fingerprint density at radius 2 is 2.22 bits per heavy atom. The number of hydrogen-bond acceptors (Lipinski definition) is 4. The van der Waals surface area contributed by atoms with Gasteiger partial charge in [0, 0.05) is 18.8 Å². The number of aliphatic hydroxyl groups is 1. The van der Waals surface area contributed by atoms with E-state index in [9.17, 15) is 9.90 Å². The summed E-state index contributed by atoms with van der Waals surface area (Å²) in [7, 11) is 0. The number of thiophene rings is 1. The molecule has 7 heteroatoms. The van der Waals surface area contributed by atoms with Gasteiger partial charge >= 0.3 is 6.03 Å². The normalized spacial score (nSPS) is 13.6. The second-order valence-electron chi connectivity index (χ2n) is 5.90. The van der Waals surface area contributed by atoms with Crippen molar-refractivity contribution in [3.8, 4) is 0 Å². The zero-order valence-electron chi connectivity index (χ0n) is 13.8. The molecular weight excluding hydrogens is 312 g/mol. The van der Waals surface area contributed by atoms with Gasteiger partial charge in [-0.25, -0.2) is 4.79 Å². The highest BCUT2D eigenvalue weighted by atomic mass is 32.1. The van der Waals surface area contributed by atoms with E-state index in [0.717, 1.165) is 29.9 Å². The van der Waals surface area contributed by atoms with Crippen LogP contribution in [0.1, 0.15) is 30.3 Å². The minimum Gasteiger partial charge on any atom is -0.384 e. The molecule has 2 rings (SSSR count). The van der Waals surface area contributed by atoms with Crippen LogP contribution in [0.25, 0.3) is 0 Å². The van der Waals surface area contributed by atoms with Gasteiger partial charge in [0.05, 0.1) is 12.2 Å². The van der Waals surface area contributed by atoms with Crippen molar-refractivity contribution >= 4 is 17.4 Å². The Hall–Kier alpha value is -1.86. The molecule has 0 spiro atoms. The average Bonchev–Trinajstić information content (AvgIpc) is 3.12. The quantitative estimate of drug-likeness (QED) is 0.678. The number of amides is 2. The smallest absolute Gasteiger partial charge is 0.314 e. The van der Waals surface area contributed by atoms with Gasteiger partial charge < -0.3 is 15.7 Å². The van der Waals surface area contributed by atoms with Crippen molar-refractivity contribution in [2.24, 2.45) is 0 Å². The van der Waals surface area contributed by atoms with Crippen molar-refractivity contribution in [2.75, 3.05) is 13.1 Å². The number of nitrogens with zero attached hydrogens (tertiary/aromatic N) is 2. The van der Waals surface area contributed by atoms with Gasteiger partial charge in [0.2, 0.25) is 0 Å². The van der Waals surface area contributed by atoms with Crippen LogP contribution in [0.4, 0.5) is 4.79 Å². The number of urea groups is 1. The van der Waals surface area contributed by atoms with Crippen LogP contribution in [0, 0.1) is 13.8 Å². The van der Waals surface area contributed by atoms with E-state index in [1.54, 1.807) is 6.92 Å². The summed E-state index contributed by atoms with van der Waals surface area (Å²) < 4.78 is 1.94. The van der Waals surface area contributed by atoms with Gasteiger partial charge in [-0.05, 0) is 55.6 Å². The van der Waals surface area contributed by atoms with Crippen LogP contribution in [0.15, 0.2) is 22.9 Å². The molecule has 2 amide bonds. The van der Waals surface area contributed by atoms with E-state index in [4.69, 9.17) is 0 Å². The summed E-state index contributed by atoms with van der Waals surface area (Å²) in [5, 5.41) is 24.0. The lowest BCUT2D eigenvalue weighted by Gasteiger charge is -2.22. The number of aromatic nitrogens is 2. The lowest BCUT2D eigenvalue weighted by atomic mass is 9.99.